The largest absolute Gasteiger partial charge is 0.340 e. The number of nitrogens with zero attached hydrogens (tertiary/aromatic N) is 3. The Labute approximate surface area is 160 Å². The van der Waals surface area contributed by atoms with Gasteiger partial charge in [-0.25, -0.2) is 4.39 Å². The molecule has 3 heterocycles. The maximum atomic E-state index is 14.4. The molecule has 1 aromatic heterocycles. The molecule has 2 N–H and O–H groups in total. The van der Waals surface area contributed by atoms with E-state index in [-0.39, 0.29) is 39.9 Å². The molecule has 1 atom stereocenters. The third-order valence-corrected chi connectivity index (χ3v) is 5.31. The quantitative estimate of drug-likeness (QED) is 0.815. The van der Waals surface area contributed by atoms with Crippen molar-refractivity contribution in [1.82, 2.24) is 14.9 Å². The molecule has 0 spiro atoms. The zero-order valence-electron chi connectivity index (χ0n) is 14.8. The van der Waals surface area contributed by atoms with Crippen molar-refractivity contribution in [3.8, 4) is 0 Å². The van der Waals surface area contributed by atoms with Crippen LogP contribution in [0, 0.1) is 5.82 Å². The number of piperazine rings is 1. The molecule has 9 heteroatoms. The van der Waals surface area contributed by atoms with Crippen LogP contribution in [0.2, 0.25) is 5.02 Å². The van der Waals surface area contributed by atoms with Gasteiger partial charge in [0.05, 0.1) is 5.56 Å². The SMILES string of the molecule is CN1CCN(c2nc3c(c(=O)[nH]2)[C@H](c2ccc(Cl)cc2F)CC(=O)N3)CC1. The molecular weight excluding hydrogens is 373 g/mol. The highest BCUT2D eigenvalue weighted by Crippen LogP contribution is 2.36. The Morgan fingerprint density at radius 2 is 1.96 bits per heavy atom. The number of hydrogen-bond donors (Lipinski definition) is 2. The number of H-pyrrole nitrogens is 1. The van der Waals surface area contributed by atoms with Gasteiger partial charge >= 0.3 is 0 Å². The number of halogens is 2. The van der Waals surface area contributed by atoms with Crippen molar-refractivity contribution in [1.29, 1.82) is 0 Å². The van der Waals surface area contributed by atoms with Crippen LogP contribution in [-0.4, -0.2) is 54.0 Å². The van der Waals surface area contributed by atoms with E-state index >= 15 is 0 Å². The molecular formula is C18H19ClFN5O2. The molecule has 1 amide bonds. The Kier molecular flexibility index (Phi) is 4.61. The van der Waals surface area contributed by atoms with Crippen molar-refractivity contribution >= 4 is 29.3 Å². The first-order valence-electron chi connectivity index (χ1n) is 8.75. The summed E-state index contributed by atoms with van der Waals surface area (Å²) in [5.74, 6) is -0.934. The fourth-order valence-corrected chi connectivity index (χ4v) is 3.74. The molecule has 1 aromatic carbocycles. The molecule has 0 unspecified atom stereocenters. The van der Waals surface area contributed by atoms with Gasteiger partial charge in [0.15, 0.2) is 0 Å². The van der Waals surface area contributed by atoms with Crippen LogP contribution in [0.1, 0.15) is 23.5 Å². The van der Waals surface area contributed by atoms with Gasteiger partial charge in [-0.2, -0.15) is 4.98 Å². The van der Waals surface area contributed by atoms with Gasteiger partial charge in [0.2, 0.25) is 11.9 Å². The molecule has 2 aromatic rings. The van der Waals surface area contributed by atoms with Crippen molar-refractivity contribution < 1.29 is 9.18 Å². The molecule has 142 valence electrons. The second-order valence-corrected chi connectivity index (χ2v) is 7.35. The van der Waals surface area contributed by atoms with Crippen LogP contribution in [0.25, 0.3) is 0 Å². The minimum absolute atomic E-state index is 0.0236. The standard InChI is InChI=1S/C18H19ClFN5O2/c1-24-4-6-25(7-5-24)18-22-16-15(17(27)23-18)12(9-14(26)21-16)11-3-2-10(19)8-13(11)20/h2-3,8,12H,4-7,9H2,1H3,(H2,21,22,23,26,27)/t12-/m0/s1. The first-order chi connectivity index (χ1) is 12.9. The monoisotopic (exact) mass is 391 g/mol. The van der Waals surface area contributed by atoms with Gasteiger partial charge in [0.25, 0.3) is 5.56 Å². The highest BCUT2D eigenvalue weighted by atomic mass is 35.5. The molecule has 4 rings (SSSR count). The Morgan fingerprint density at radius 3 is 2.67 bits per heavy atom. The van der Waals surface area contributed by atoms with Gasteiger partial charge in [-0.3, -0.25) is 14.6 Å². The maximum Gasteiger partial charge on any atom is 0.258 e. The third-order valence-electron chi connectivity index (χ3n) is 5.08. The zero-order chi connectivity index (χ0) is 19.1. The Hall–Kier alpha value is -2.45. The predicted octanol–water partition coefficient (Wildman–Crippen LogP) is 1.79. The number of anilines is 2. The molecule has 27 heavy (non-hydrogen) atoms. The van der Waals surface area contributed by atoms with Crippen LogP contribution in [0.4, 0.5) is 16.2 Å². The van der Waals surface area contributed by atoms with E-state index in [1.807, 2.05) is 11.9 Å². The molecule has 0 bridgehead atoms. The molecule has 2 aliphatic heterocycles. The molecule has 0 radical (unpaired) electrons. The fraction of sp³-hybridized carbons (Fsp3) is 0.389. The van der Waals surface area contributed by atoms with Crippen LogP contribution in [0.5, 0.6) is 0 Å². The topological polar surface area (TPSA) is 81.3 Å². The number of fused-ring (bicyclic) bond motifs is 1. The van der Waals surface area contributed by atoms with Gasteiger partial charge in [-0.05, 0) is 24.7 Å². The van der Waals surface area contributed by atoms with Crippen LogP contribution in [-0.2, 0) is 4.79 Å². The lowest BCUT2D eigenvalue weighted by molar-refractivity contribution is -0.116. The summed E-state index contributed by atoms with van der Waals surface area (Å²) in [6, 6.07) is 4.24. The summed E-state index contributed by atoms with van der Waals surface area (Å²) < 4.78 is 14.4. The van der Waals surface area contributed by atoms with Gasteiger partial charge in [-0.15, -0.1) is 0 Å². The van der Waals surface area contributed by atoms with Crippen LogP contribution < -0.4 is 15.8 Å². The number of benzene rings is 1. The maximum absolute atomic E-state index is 14.4. The van der Waals surface area contributed by atoms with Crippen molar-refractivity contribution in [3.05, 3.63) is 50.5 Å². The van der Waals surface area contributed by atoms with Crippen molar-refractivity contribution in [2.75, 3.05) is 43.4 Å². The van der Waals surface area contributed by atoms with E-state index in [0.29, 0.717) is 5.95 Å². The summed E-state index contributed by atoms with van der Waals surface area (Å²) in [5, 5.41) is 2.92. The lowest BCUT2D eigenvalue weighted by Crippen LogP contribution is -2.46. The van der Waals surface area contributed by atoms with E-state index in [1.165, 1.54) is 12.1 Å². The van der Waals surface area contributed by atoms with Crippen LogP contribution >= 0.6 is 11.6 Å². The van der Waals surface area contributed by atoms with E-state index in [4.69, 9.17) is 11.6 Å². The highest BCUT2D eigenvalue weighted by molar-refractivity contribution is 6.30. The van der Waals surface area contributed by atoms with E-state index in [2.05, 4.69) is 20.2 Å². The average molecular weight is 392 g/mol. The van der Waals surface area contributed by atoms with Gasteiger partial charge in [-0.1, -0.05) is 17.7 Å². The number of likely N-dealkylation sites (N-methyl/N-ethyl adjacent to an activating group) is 1. The number of carbonyl (C=O) groups excluding carboxylic acids is 1. The molecule has 1 fully saturated rings. The molecule has 2 aliphatic rings. The third kappa shape index (κ3) is 3.42. The Balaban J connectivity index is 1.76. The molecule has 0 saturated carbocycles. The number of hydrogen-bond acceptors (Lipinski definition) is 5. The number of aromatic amines is 1. The van der Waals surface area contributed by atoms with E-state index in [1.54, 1.807) is 6.07 Å². The van der Waals surface area contributed by atoms with Crippen molar-refractivity contribution in [3.63, 3.8) is 0 Å². The molecule has 1 saturated heterocycles. The summed E-state index contributed by atoms with van der Waals surface area (Å²) in [7, 11) is 2.03. The minimum atomic E-state index is -0.705. The smallest absolute Gasteiger partial charge is 0.258 e. The normalized spacial score (nSPS) is 20.3. The lowest BCUT2D eigenvalue weighted by atomic mass is 9.86. The van der Waals surface area contributed by atoms with E-state index in [0.717, 1.165) is 26.2 Å². The highest BCUT2D eigenvalue weighted by Gasteiger charge is 2.33. The summed E-state index contributed by atoms with van der Waals surface area (Å²) in [6.07, 6.45) is -0.0236. The molecule has 7 nitrogen and oxygen atoms in total. The van der Waals surface area contributed by atoms with Crippen LogP contribution in [0.3, 0.4) is 0 Å². The molecule has 0 aliphatic carbocycles. The Bertz CT molecular complexity index is 955. The predicted molar refractivity (Wildman–Crippen MR) is 101 cm³/mol. The number of aromatic nitrogens is 2. The first kappa shape index (κ1) is 17.9. The second kappa shape index (κ2) is 6.94. The lowest BCUT2D eigenvalue weighted by Gasteiger charge is -2.33. The number of amides is 1. The van der Waals surface area contributed by atoms with E-state index in [9.17, 15) is 14.0 Å². The first-order valence-corrected chi connectivity index (χ1v) is 9.12. The van der Waals surface area contributed by atoms with Gasteiger partial charge in [0.1, 0.15) is 11.6 Å². The summed E-state index contributed by atoms with van der Waals surface area (Å²) in [4.78, 5) is 36.5. The average Bonchev–Trinajstić information content (AvgIpc) is 2.61. The summed E-state index contributed by atoms with van der Waals surface area (Å²) >= 11 is 5.82. The summed E-state index contributed by atoms with van der Waals surface area (Å²) in [6.45, 7) is 3.15. The van der Waals surface area contributed by atoms with Crippen molar-refractivity contribution in [2.45, 2.75) is 12.3 Å². The van der Waals surface area contributed by atoms with Gasteiger partial charge in [0, 0.05) is 43.5 Å². The van der Waals surface area contributed by atoms with Crippen molar-refractivity contribution in [2.24, 2.45) is 0 Å². The number of carbonyl (C=O) groups is 1. The van der Waals surface area contributed by atoms with Crippen LogP contribution in [0.15, 0.2) is 23.0 Å². The minimum Gasteiger partial charge on any atom is -0.340 e. The Morgan fingerprint density at radius 1 is 1.22 bits per heavy atom. The van der Waals surface area contributed by atoms with Gasteiger partial charge < -0.3 is 15.1 Å². The fourth-order valence-electron chi connectivity index (χ4n) is 3.58. The van der Waals surface area contributed by atoms with E-state index < -0.39 is 11.7 Å². The summed E-state index contributed by atoms with van der Waals surface area (Å²) in [5.41, 5.74) is 0.164. The second-order valence-electron chi connectivity index (χ2n) is 6.91. The number of rotatable bonds is 2. The zero-order valence-corrected chi connectivity index (χ0v) is 15.5. The number of nitrogens with one attached hydrogen (secondary N) is 2.